The number of rotatable bonds is 12. The lowest BCUT2D eigenvalue weighted by Gasteiger charge is -2.43. The largest absolute Gasteiger partial charge is 0.374 e. The molecule has 4 aliphatic rings. The third kappa shape index (κ3) is 8.23. The summed E-state index contributed by atoms with van der Waals surface area (Å²) in [7, 11) is 0. The number of amides is 5. The Labute approximate surface area is 275 Å². The van der Waals surface area contributed by atoms with E-state index in [0.29, 0.717) is 19.6 Å². The van der Waals surface area contributed by atoms with E-state index in [9.17, 15) is 24.0 Å². The average Bonchev–Trinajstić information content (AvgIpc) is 3.79. The second kappa shape index (κ2) is 13.1. The van der Waals surface area contributed by atoms with E-state index < -0.39 is 47.2 Å². The molecule has 4 rings (SSSR count). The smallest absolute Gasteiger partial charge is 0.315 e. The standard InChI is InChI=1S/C35H59N5O6/c1-32(2,3)23(19-46-33(4,5)6)38-31(45)39-27(35(9)15-11-10-12-16-35)30(44)40-18-21-24(34(21,7)8)25(40)29(43)37-22(17-20-13-14-20)26(41)28(36)42/h20-25,27H,10-19H2,1-9H3,(H2,36,42)(H,37,43)(H2,38,39,45)/t21-,22?,23+,24-,25-,27+/m0/s1. The number of piperidine rings is 1. The predicted octanol–water partition coefficient (Wildman–Crippen LogP) is 3.68. The number of nitrogens with two attached hydrogens (primary N) is 1. The molecule has 1 unspecified atom stereocenters. The summed E-state index contributed by atoms with van der Waals surface area (Å²) in [5, 5.41) is 9.00. The highest BCUT2D eigenvalue weighted by atomic mass is 16.5. The van der Waals surface area contributed by atoms with Gasteiger partial charge in [-0.15, -0.1) is 0 Å². The summed E-state index contributed by atoms with van der Waals surface area (Å²) in [6.45, 7) is 19.0. The number of hydrogen-bond donors (Lipinski definition) is 4. The first-order valence-corrected chi connectivity index (χ1v) is 17.3. The van der Waals surface area contributed by atoms with Crippen molar-refractivity contribution in [2.75, 3.05) is 13.2 Å². The number of primary amides is 1. The van der Waals surface area contributed by atoms with Crippen LogP contribution in [0.1, 0.15) is 114 Å². The first-order chi connectivity index (χ1) is 21.2. The molecule has 0 aromatic heterocycles. The van der Waals surface area contributed by atoms with E-state index in [4.69, 9.17) is 10.5 Å². The molecule has 0 radical (unpaired) electrons. The number of carbonyl (C=O) groups is 5. The highest BCUT2D eigenvalue weighted by Gasteiger charge is 2.70. The zero-order valence-electron chi connectivity index (χ0n) is 29.6. The molecular weight excluding hydrogens is 586 g/mol. The lowest BCUT2D eigenvalue weighted by atomic mass is 9.70. The molecule has 1 heterocycles. The van der Waals surface area contributed by atoms with Gasteiger partial charge in [-0.1, -0.05) is 73.6 Å². The highest BCUT2D eigenvalue weighted by Crippen LogP contribution is 2.65. The molecule has 0 spiro atoms. The van der Waals surface area contributed by atoms with E-state index >= 15 is 0 Å². The van der Waals surface area contributed by atoms with E-state index in [1.54, 1.807) is 4.90 Å². The number of nitrogens with zero attached hydrogens (tertiary/aromatic N) is 1. The summed E-state index contributed by atoms with van der Waals surface area (Å²) in [5.41, 5.74) is 4.01. The van der Waals surface area contributed by atoms with E-state index in [2.05, 4.69) is 36.7 Å². The van der Waals surface area contributed by atoms with Crippen LogP contribution in [0.5, 0.6) is 0 Å². The molecule has 1 saturated heterocycles. The van der Waals surface area contributed by atoms with Crippen LogP contribution in [0.3, 0.4) is 0 Å². The first kappa shape index (κ1) is 36.2. The summed E-state index contributed by atoms with van der Waals surface area (Å²) >= 11 is 0. The number of Topliss-reactive ketones (excluding diaryl/α,β-unsaturated/α-hetero) is 1. The van der Waals surface area contributed by atoms with E-state index in [-0.39, 0.29) is 46.1 Å². The Kier molecular flexibility index (Phi) is 10.3. The van der Waals surface area contributed by atoms with E-state index in [1.165, 1.54) is 0 Å². The fourth-order valence-corrected chi connectivity index (χ4v) is 7.68. The molecule has 5 amide bonds. The van der Waals surface area contributed by atoms with Crippen molar-refractivity contribution in [3.8, 4) is 0 Å². The van der Waals surface area contributed by atoms with Crippen molar-refractivity contribution in [2.24, 2.45) is 39.7 Å². The van der Waals surface area contributed by atoms with Gasteiger partial charge in [0, 0.05) is 6.54 Å². The van der Waals surface area contributed by atoms with Crippen molar-refractivity contribution in [3.05, 3.63) is 0 Å². The molecule has 1 aliphatic heterocycles. The Morgan fingerprint density at radius 2 is 1.52 bits per heavy atom. The number of likely N-dealkylation sites (tertiary alicyclic amines) is 1. The summed E-state index contributed by atoms with van der Waals surface area (Å²) in [6.07, 6.45) is 6.78. The van der Waals surface area contributed by atoms with E-state index in [0.717, 1.165) is 44.9 Å². The van der Waals surface area contributed by atoms with Gasteiger partial charge < -0.3 is 31.3 Å². The highest BCUT2D eigenvalue weighted by molar-refractivity contribution is 6.37. The third-order valence-corrected chi connectivity index (χ3v) is 11.2. The minimum Gasteiger partial charge on any atom is -0.374 e. The van der Waals surface area contributed by atoms with Crippen LogP contribution in [0.2, 0.25) is 0 Å². The molecule has 5 N–H and O–H groups in total. The monoisotopic (exact) mass is 645 g/mol. The van der Waals surface area contributed by atoms with Crippen LogP contribution >= 0.6 is 0 Å². The maximum Gasteiger partial charge on any atom is 0.315 e. The fourth-order valence-electron chi connectivity index (χ4n) is 7.68. The summed E-state index contributed by atoms with van der Waals surface area (Å²) in [4.78, 5) is 68.6. The maximum atomic E-state index is 14.7. The Balaban J connectivity index is 1.58. The van der Waals surface area contributed by atoms with Crippen LogP contribution in [0.25, 0.3) is 0 Å². The van der Waals surface area contributed by atoms with Gasteiger partial charge in [-0.3, -0.25) is 19.2 Å². The first-order valence-electron chi connectivity index (χ1n) is 17.3. The molecule has 11 nitrogen and oxygen atoms in total. The summed E-state index contributed by atoms with van der Waals surface area (Å²) in [6, 6.07) is -3.41. The predicted molar refractivity (Wildman–Crippen MR) is 175 cm³/mol. The van der Waals surface area contributed by atoms with Crippen LogP contribution in [0.15, 0.2) is 0 Å². The minimum absolute atomic E-state index is 0.0878. The molecule has 11 heteroatoms. The Hall–Kier alpha value is -2.69. The maximum absolute atomic E-state index is 14.7. The summed E-state index contributed by atoms with van der Waals surface area (Å²) in [5.74, 6) is -2.29. The van der Waals surface area contributed by atoms with Gasteiger partial charge in [0.25, 0.3) is 5.91 Å². The van der Waals surface area contributed by atoms with E-state index in [1.807, 2.05) is 41.5 Å². The molecule has 4 fully saturated rings. The minimum atomic E-state index is -1.07. The number of fused-ring (bicyclic) bond motifs is 1. The van der Waals surface area contributed by atoms with Crippen LogP contribution in [-0.2, 0) is 23.9 Å². The Morgan fingerprint density at radius 1 is 0.913 bits per heavy atom. The lowest BCUT2D eigenvalue weighted by molar-refractivity contribution is -0.145. The number of urea groups is 1. The molecule has 0 bridgehead atoms. The zero-order valence-corrected chi connectivity index (χ0v) is 29.6. The second-order valence-corrected chi connectivity index (χ2v) is 17.5. The van der Waals surface area contributed by atoms with Crippen molar-refractivity contribution in [1.82, 2.24) is 20.9 Å². The number of hydrogen-bond acceptors (Lipinski definition) is 6. The van der Waals surface area contributed by atoms with Gasteiger partial charge in [0.1, 0.15) is 12.1 Å². The second-order valence-electron chi connectivity index (χ2n) is 17.5. The van der Waals surface area contributed by atoms with Gasteiger partial charge in [0.15, 0.2) is 0 Å². The Morgan fingerprint density at radius 3 is 2.04 bits per heavy atom. The van der Waals surface area contributed by atoms with Gasteiger partial charge in [0.05, 0.1) is 24.3 Å². The van der Waals surface area contributed by atoms with Gasteiger partial charge in [-0.25, -0.2) is 4.79 Å². The van der Waals surface area contributed by atoms with Crippen LogP contribution in [0.4, 0.5) is 4.79 Å². The average molecular weight is 646 g/mol. The molecule has 3 saturated carbocycles. The number of ketones is 1. The molecular formula is C35H59N5O6. The van der Waals surface area contributed by atoms with Gasteiger partial charge >= 0.3 is 6.03 Å². The molecule has 0 aromatic rings. The molecule has 260 valence electrons. The molecule has 0 aromatic carbocycles. The zero-order chi connectivity index (χ0) is 34.4. The van der Waals surface area contributed by atoms with Crippen molar-refractivity contribution >= 4 is 29.5 Å². The van der Waals surface area contributed by atoms with Crippen LogP contribution in [0, 0.1) is 34.0 Å². The van der Waals surface area contributed by atoms with Crippen LogP contribution < -0.4 is 21.7 Å². The van der Waals surface area contributed by atoms with Crippen molar-refractivity contribution in [3.63, 3.8) is 0 Å². The van der Waals surface area contributed by atoms with Crippen molar-refractivity contribution < 1.29 is 28.7 Å². The fraction of sp³-hybridized carbons (Fsp3) is 0.857. The SMILES string of the molecule is CC(C)(C)OC[C@@H](NC(=O)N[C@H](C(=O)N1C[C@H]2[C@@H]([C@H]1C(=O)NC(CC1CC1)C(=O)C(N)=O)C2(C)C)C1(C)CCCCC1)C(C)(C)C. The van der Waals surface area contributed by atoms with Gasteiger partial charge in [0.2, 0.25) is 17.6 Å². The van der Waals surface area contributed by atoms with Crippen molar-refractivity contribution in [2.45, 2.75) is 143 Å². The number of nitrogens with one attached hydrogen (secondary N) is 3. The Bertz CT molecular complexity index is 1190. The number of ether oxygens (including phenoxy) is 1. The van der Waals surface area contributed by atoms with Crippen molar-refractivity contribution in [1.29, 1.82) is 0 Å². The van der Waals surface area contributed by atoms with Gasteiger partial charge in [-0.05, 0) is 74.0 Å². The molecule has 3 aliphatic carbocycles. The number of carbonyl (C=O) groups excluding carboxylic acids is 5. The molecule has 46 heavy (non-hydrogen) atoms. The topological polar surface area (TPSA) is 160 Å². The van der Waals surface area contributed by atoms with Gasteiger partial charge in [-0.2, -0.15) is 0 Å². The quantitative estimate of drug-likeness (QED) is 0.237. The normalized spacial score (nSPS) is 27.1. The molecule has 6 atom stereocenters. The lowest BCUT2D eigenvalue weighted by Crippen LogP contribution is -2.63. The van der Waals surface area contributed by atoms with Crippen LogP contribution in [-0.4, -0.2) is 77.4 Å². The summed E-state index contributed by atoms with van der Waals surface area (Å²) < 4.78 is 6.04. The third-order valence-electron chi connectivity index (χ3n) is 11.2.